The van der Waals surface area contributed by atoms with Crippen molar-refractivity contribution in [3.63, 3.8) is 0 Å². The van der Waals surface area contributed by atoms with Gasteiger partial charge >= 0.3 is 0 Å². The molecule has 0 aliphatic rings. The van der Waals surface area contributed by atoms with Crippen molar-refractivity contribution in [1.29, 1.82) is 0 Å². The molecule has 0 N–H and O–H groups in total. The predicted octanol–water partition coefficient (Wildman–Crippen LogP) is 5.10. The van der Waals surface area contributed by atoms with Crippen molar-refractivity contribution >= 4 is 15.9 Å². The predicted molar refractivity (Wildman–Crippen MR) is 77.6 cm³/mol. The maximum Gasteiger partial charge on any atom is 0.0486 e. The SMILES string of the molecule is CC(C)(c1ccccc1)C(Br)c1ccccc1. The van der Waals surface area contributed by atoms with Crippen molar-refractivity contribution in [2.75, 3.05) is 0 Å². The molecule has 0 bridgehead atoms. The Hall–Kier alpha value is -1.08. The number of rotatable bonds is 3. The van der Waals surface area contributed by atoms with Gasteiger partial charge in [0.05, 0.1) is 0 Å². The van der Waals surface area contributed by atoms with Gasteiger partial charge in [0.2, 0.25) is 0 Å². The Labute approximate surface area is 112 Å². The summed E-state index contributed by atoms with van der Waals surface area (Å²) in [7, 11) is 0. The minimum atomic E-state index is 0.0720. The average Bonchev–Trinajstić information content (AvgIpc) is 2.40. The fourth-order valence-electron chi connectivity index (χ4n) is 2.05. The van der Waals surface area contributed by atoms with Crippen LogP contribution in [0.4, 0.5) is 0 Å². The fraction of sp³-hybridized carbons (Fsp3) is 0.250. The second-order valence-corrected chi connectivity index (χ2v) is 5.78. The first-order valence-electron chi connectivity index (χ1n) is 5.87. The molecule has 2 rings (SSSR count). The Morgan fingerprint density at radius 2 is 1.29 bits per heavy atom. The van der Waals surface area contributed by atoms with E-state index in [1.54, 1.807) is 0 Å². The average molecular weight is 289 g/mol. The van der Waals surface area contributed by atoms with Gasteiger partial charge in [-0.25, -0.2) is 0 Å². The molecule has 0 amide bonds. The van der Waals surface area contributed by atoms with Crippen molar-refractivity contribution in [2.45, 2.75) is 24.1 Å². The molecule has 1 unspecified atom stereocenters. The van der Waals surface area contributed by atoms with Gasteiger partial charge in [-0.1, -0.05) is 90.4 Å². The van der Waals surface area contributed by atoms with Crippen LogP contribution in [0, 0.1) is 0 Å². The Balaban J connectivity index is 2.33. The van der Waals surface area contributed by atoms with E-state index in [0.717, 1.165) is 0 Å². The number of hydrogen-bond donors (Lipinski definition) is 0. The summed E-state index contributed by atoms with van der Waals surface area (Å²) in [6.45, 7) is 4.55. The largest absolute Gasteiger partial charge is 0.0829 e. The zero-order valence-corrected chi connectivity index (χ0v) is 11.8. The molecule has 2 aromatic carbocycles. The summed E-state index contributed by atoms with van der Waals surface area (Å²) in [6, 6.07) is 21.2. The summed E-state index contributed by atoms with van der Waals surface area (Å²) in [6.07, 6.45) is 0. The van der Waals surface area contributed by atoms with E-state index in [1.165, 1.54) is 11.1 Å². The van der Waals surface area contributed by atoms with Crippen LogP contribution in [0.5, 0.6) is 0 Å². The van der Waals surface area contributed by atoms with Crippen LogP contribution in [0.15, 0.2) is 60.7 Å². The van der Waals surface area contributed by atoms with Crippen LogP contribution in [0.3, 0.4) is 0 Å². The van der Waals surface area contributed by atoms with E-state index in [2.05, 4.69) is 90.4 Å². The number of halogens is 1. The second kappa shape index (κ2) is 5.05. The van der Waals surface area contributed by atoms with Crippen molar-refractivity contribution in [3.05, 3.63) is 71.8 Å². The molecule has 0 aliphatic heterocycles. The molecule has 0 fully saturated rings. The van der Waals surface area contributed by atoms with Gasteiger partial charge in [-0.2, -0.15) is 0 Å². The van der Waals surface area contributed by atoms with Gasteiger partial charge in [-0.05, 0) is 11.1 Å². The summed E-state index contributed by atoms with van der Waals surface area (Å²) in [5, 5.41) is 0. The zero-order chi connectivity index (χ0) is 12.3. The fourth-order valence-corrected chi connectivity index (χ4v) is 2.62. The van der Waals surface area contributed by atoms with Gasteiger partial charge in [-0.15, -0.1) is 0 Å². The first-order chi connectivity index (χ1) is 8.12. The van der Waals surface area contributed by atoms with Gasteiger partial charge in [0.25, 0.3) is 0 Å². The van der Waals surface area contributed by atoms with Crippen LogP contribution < -0.4 is 0 Å². The summed E-state index contributed by atoms with van der Waals surface area (Å²) in [4.78, 5) is 0.318. The molecule has 1 atom stereocenters. The molecule has 0 saturated heterocycles. The van der Waals surface area contributed by atoms with Crippen LogP contribution in [-0.2, 0) is 5.41 Å². The molecule has 17 heavy (non-hydrogen) atoms. The van der Waals surface area contributed by atoms with E-state index in [1.807, 2.05) is 0 Å². The van der Waals surface area contributed by atoms with Crippen molar-refractivity contribution < 1.29 is 0 Å². The normalized spacial score (nSPS) is 13.4. The van der Waals surface area contributed by atoms with Crippen LogP contribution in [0.25, 0.3) is 0 Å². The van der Waals surface area contributed by atoms with Gasteiger partial charge in [0.1, 0.15) is 0 Å². The highest BCUT2D eigenvalue weighted by atomic mass is 79.9. The number of alkyl halides is 1. The number of hydrogen-bond acceptors (Lipinski definition) is 0. The third-order valence-electron chi connectivity index (χ3n) is 3.24. The van der Waals surface area contributed by atoms with E-state index in [0.29, 0.717) is 4.83 Å². The van der Waals surface area contributed by atoms with Crippen LogP contribution in [0.2, 0.25) is 0 Å². The lowest BCUT2D eigenvalue weighted by atomic mass is 9.79. The molecule has 0 nitrogen and oxygen atoms in total. The highest BCUT2D eigenvalue weighted by Gasteiger charge is 2.30. The molecule has 0 heterocycles. The van der Waals surface area contributed by atoms with Crippen molar-refractivity contribution in [1.82, 2.24) is 0 Å². The van der Waals surface area contributed by atoms with E-state index in [-0.39, 0.29) is 5.41 Å². The zero-order valence-electron chi connectivity index (χ0n) is 10.2. The van der Waals surface area contributed by atoms with E-state index < -0.39 is 0 Å². The third-order valence-corrected chi connectivity index (χ3v) is 4.92. The van der Waals surface area contributed by atoms with E-state index in [9.17, 15) is 0 Å². The first-order valence-corrected chi connectivity index (χ1v) is 6.78. The Morgan fingerprint density at radius 1 is 0.824 bits per heavy atom. The summed E-state index contributed by atoms with van der Waals surface area (Å²) >= 11 is 3.84. The molecule has 0 spiro atoms. The first kappa shape index (κ1) is 12.4. The molecule has 0 saturated carbocycles. The molecule has 1 heteroatoms. The molecule has 88 valence electrons. The smallest absolute Gasteiger partial charge is 0.0486 e. The number of benzene rings is 2. The highest BCUT2D eigenvalue weighted by molar-refractivity contribution is 9.09. The summed E-state index contributed by atoms with van der Waals surface area (Å²) in [5.41, 5.74) is 2.75. The highest BCUT2D eigenvalue weighted by Crippen LogP contribution is 2.42. The van der Waals surface area contributed by atoms with Gasteiger partial charge in [0, 0.05) is 10.2 Å². The molecule has 0 aliphatic carbocycles. The molecule has 0 aromatic heterocycles. The standard InChI is InChI=1S/C16H17Br/c1-16(2,14-11-7-4-8-12-14)15(17)13-9-5-3-6-10-13/h3-12,15H,1-2H3. The Morgan fingerprint density at radius 3 is 1.82 bits per heavy atom. The minimum Gasteiger partial charge on any atom is -0.0829 e. The second-order valence-electron chi connectivity index (χ2n) is 4.86. The minimum absolute atomic E-state index is 0.0720. The molecule has 2 aromatic rings. The molecular formula is C16H17Br. The maximum atomic E-state index is 3.84. The lowest BCUT2D eigenvalue weighted by molar-refractivity contribution is 0.518. The Bertz CT molecular complexity index is 459. The van der Waals surface area contributed by atoms with E-state index >= 15 is 0 Å². The van der Waals surface area contributed by atoms with E-state index in [4.69, 9.17) is 0 Å². The van der Waals surface area contributed by atoms with Crippen molar-refractivity contribution in [2.24, 2.45) is 0 Å². The summed E-state index contributed by atoms with van der Waals surface area (Å²) < 4.78 is 0. The topological polar surface area (TPSA) is 0 Å². The quantitative estimate of drug-likeness (QED) is 0.689. The van der Waals surface area contributed by atoms with Gasteiger partial charge in [-0.3, -0.25) is 0 Å². The molecular weight excluding hydrogens is 272 g/mol. The lowest BCUT2D eigenvalue weighted by Crippen LogP contribution is -2.22. The van der Waals surface area contributed by atoms with Gasteiger partial charge in [0.15, 0.2) is 0 Å². The summed E-state index contributed by atoms with van der Waals surface area (Å²) in [5.74, 6) is 0. The maximum absolute atomic E-state index is 3.84. The Kier molecular flexibility index (Phi) is 3.68. The van der Waals surface area contributed by atoms with Crippen LogP contribution >= 0.6 is 15.9 Å². The monoisotopic (exact) mass is 288 g/mol. The van der Waals surface area contributed by atoms with Crippen LogP contribution in [-0.4, -0.2) is 0 Å². The lowest BCUT2D eigenvalue weighted by Gasteiger charge is -2.31. The van der Waals surface area contributed by atoms with Crippen molar-refractivity contribution in [3.8, 4) is 0 Å². The van der Waals surface area contributed by atoms with Crippen LogP contribution in [0.1, 0.15) is 29.8 Å². The molecule has 0 radical (unpaired) electrons. The van der Waals surface area contributed by atoms with Gasteiger partial charge < -0.3 is 0 Å². The third kappa shape index (κ3) is 2.61.